The van der Waals surface area contributed by atoms with Crippen molar-refractivity contribution in [2.24, 2.45) is 10.9 Å². The normalized spacial score (nSPS) is 17.7. The maximum absolute atomic E-state index is 11.9. The summed E-state index contributed by atoms with van der Waals surface area (Å²) in [4.78, 5) is 13.1. The number of nitrogens with two attached hydrogens (primary N) is 1. The molecule has 1 aromatic carbocycles. The van der Waals surface area contributed by atoms with Crippen LogP contribution in [0, 0.1) is 0 Å². The summed E-state index contributed by atoms with van der Waals surface area (Å²) in [5, 5.41) is 12.0. The second-order valence-electron chi connectivity index (χ2n) is 5.56. The van der Waals surface area contributed by atoms with E-state index in [2.05, 4.69) is 39.3 Å². The van der Waals surface area contributed by atoms with E-state index in [0.29, 0.717) is 0 Å². The number of hydrogen-bond acceptors (Lipinski definition) is 5. The molecule has 6 heteroatoms. The van der Waals surface area contributed by atoms with Crippen LogP contribution in [0.5, 0.6) is 0 Å². The fraction of sp³-hybridized carbons (Fsp3) is 0.294. The molecule has 2 aromatic rings. The Labute approximate surface area is 139 Å². The number of thiophene rings is 1. The van der Waals surface area contributed by atoms with Gasteiger partial charge in [-0.1, -0.05) is 18.2 Å². The van der Waals surface area contributed by atoms with Crippen molar-refractivity contribution in [3.8, 4) is 0 Å². The van der Waals surface area contributed by atoms with E-state index in [1.807, 2.05) is 12.1 Å². The zero-order valence-corrected chi connectivity index (χ0v) is 13.6. The molecule has 120 valence electrons. The molecule has 0 unspecified atom stereocenters. The van der Waals surface area contributed by atoms with Gasteiger partial charge in [-0.15, -0.1) is 11.3 Å². The summed E-state index contributed by atoms with van der Waals surface area (Å²) in [5.74, 6) is 5.35. The first-order valence-electron chi connectivity index (χ1n) is 7.65. The Balaban J connectivity index is 1.60. The lowest BCUT2D eigenvalue weighted by atomic mass is 9.98. The highest BCUT2D eigenvalue weighted by molar-refractivity contribution is 7.10. The SMILES string of the molecule is NN=Cc1cccc(CNCc2sccc2[C@@H]2CCNC2=O)c1. The Morgan fingerprint density at radius 2 is 2.30 bits per heavy atom. The van der Waals surface area contributed by atoms with E-state index in [9.17, 15) is 4.79 Å². The lowest BCUT2D eigenvalue weighted by Gasteiger charge is -2.10. The van der Waals surface area contributed by atoms with Gasteiger partial charge in [-0.25, -0.2) is 0 Å². The minimum Gasteiger partial charge on any atom is -0.356 e. The fourth-order valence-electron chi connectivity index (χ4n) is 2.89. The molecule has 3 rings (SSSR count). The number of nitrogens with zero attached hydrogens (tertiary/aromatic N) is 1. The molecule has 1 aliphatic heterocycles. The fourth-order valence-corrected chi connectivity index (χ4v) is 3.80. The van der Waals surface area contributed by atoms with E-state index < -0.39 is 0 Å². The third kappa shape index (κ3) is 3.78. The largest absolute Gasteiger partial charge is 0.356 e. The molecule has 1 saturated heterocycles. The molecular weight excluding hydrogens is 308 g/mol. The molecule has 5 nitrogen and oxygen atoms in total. The minimum absolute atomic E-state index is 0.0159. The summed E-state index contributed by atoms with van der Waals surface area (Å²) in [6, 6.07) is 10.2. The lowest BCUT2D eigenvalue weighted by molar-refractivity contribution is -0.120. The quantitative estimate of drug-likeness (QED) is 0.431. The summed E-state index contributed by atoms with van der Waals surface area (Å²) >= 11 is 1.70. The highest BCUT2D eigenvalue weighted by Crippen LogP contribution is 2.30. The molecule has 0 spiro atoms. The molecule has 2 heterocycles. The second kappa shape index (κ2) is 7.39. The molecule has 1 fully saturated rings. The highest BCUT2D eigenvalue weighted by atomic mass is 32.1. The van der Waals surface area contributed by atoms with Crippen LogP contribution in [0.1, 0.15) is 33.9 Å². The average molecular weight is 328 g/mol. The molecule has 23 heavy (non-hydrogen) atoms. The van der Waals surface area contributed by atoms with Crippen molar-refractivity contribution >= 4 is 23.5 Å². The van der Waals surface area contributed by atoms with Crippen LogP contribution in [0.3, 0.4) is 0 Å². The number of hydrogen-bond donors (Lipinski definition) is 3. The molecule has 0 aliphatic carbocycles. The molecular formula is C17H20N4OS. The van der Waals surface area contributed by atoms with Crippen molar-refractivity contribution in [3.05, 3.63) is 57.3 Å². The van der Waals surface area contributed by atoms with Crippen LogP contribution in [0.15, 0.2) is 40.8 Å². The van der Waals surface area contributed by atoms with Gasteiger partial charge in [0.25, 0.3) is 0 Å². The number of carbonyl (C=O) groups is 1. The van der Waals surface area contributed by atoms with Gasteiger partial charge < -0.3 is 16.5 Å². The number of carbonyl (C=O) groups excluding carboxylic acids is 1. The van der Waals surface area contributed by atoms with Gasteiger partial charge in [0.2, 0.25) is 5.91 Å². The second-order valence-corrected chi connectivity index (χ2v) is 6.56. The van der Waals surface area contributed by atoms with Crippen molar-refractivity contribution in [3.63, 3.8) is 0 Å². The van der Waals surface area contributed by atoms with Gasteiger partial charge in [0, 0.05) is 24.5 Å². The minimum atomic E-state index is 0.0159. The van der Waals surface area contributed by atoms with Crippen LogP contribution < -0.4 is 16.5 Å². The smallest absolute Gasteiger partial charge is 0.227 e. The van der Waals surface area contributed by atoms with E-state index >= 15 is 0 Å². The molecule has 0 bridgehead atoms. The first-order valence-corrected chi connectivity index (χ1v) is 8.53. The van der Waals surface area contributed by atoms with E-state index in [1.165, 1.54) is 16.0 Å². The Hall–Kier alpha value is -2.18. The van der Waals surface area contributed by atoms with Gasteiger partial charge in [0.05, 0.1) is 12.1 Å². The van der Waals surface area contributed by atoms with Gasteiger partial charge in [-0.2, -0.15) is 5.10 Å². The number of hydrazone groups is 1. The van der Waals surface area contributed by atoms with Gasteiger partial charge in [-0.3, -0.25) is 4.79 Å². The van der Waals surface area contributed by atoms with Gasteiger partial charge in [0.1, 0.15) is 0 Å². The molecule has 0 radical (unpaired) electrons. The maximum atomic E-state index is 11.9. The van der Waals surface area contributed by atoms with E-state index in [4.69, 9.17) is 5.84 Å². The highest BCUT2D eigenvalue weighted by Gasteiger charge is 2.28. The van der Waals surface area contributed by atoms with E-state index in [-0.39, 0.29) is 11.8 Å². The molecule has 4 N–H and O–H groups in total. The van der Waals surface area contributed by atoms with Crippen LogP contribution in [0.4, 0.5) is 0 Å². The summed E-state index contributed by atoms with van der Waals surface area (Å²) in [6.07, 6.45) is 2.53. The van der Waals surface area contributed by atoms with Crippen molar-refractivity contribution in [2.75, 3.05) is 6.54 Å². The number of nitrogens with one attached hydrogen (secondary N) is 2. The first-order chi connectivity index (χ1) is 11.3. The van der Waals surface area contributed by atoms with Crippen LogP contribution >= 0.6 is 11.3 Å². The summed E-state index contributed by atoms with van der Waals surface area (Å²) in [6.45, 7) is 2.31. The monoisotopic (exact) mass is 328 g/mol. The lowest BCUT2D eigenvalue weighted by Crippen LogP contribution is -2.19. The van der Waals surface area contributed by atoms with Gasteiger partial charge in [0.15, 0.2) is 0 Å². The van der Waals surface area contributed by atoms with Crippen LogP contribution in [-0.4, -0.2) is 18.7 Å². The predicted octanol–water partition coefficient (Wildman–Crippen LogP) is 1.93. The number of rotatable bonds is 6. The molecule has 1 aromatic heterocycles. The van der Waals surface area contributed by atoms with Crippen molar-refractivity contribution in [2.45, 2.75) is 25.4 Å². The van der Waals surface area contributed by atoms with Crippen LogP contribution in [0.2, 0.25) is 0 Å². The van der Waals surface area contributed by atoms with Crippen LogP contribution in [-0.2, 0) is 17.9 Å². The Bertz CT molecular complexity index is 710. The molecule has 1 atom stereocenters. The van der Waals surface area contributed by atoms with Crippen molar-refractivity contribution in [1.29, 1.82) is 0 Å². The number of benzene rings is 1. The van der Waals surface area contributed by atoms with Crippen molar-refractivity contribution in [1.82, 2.24) is 10.6 Å². The van der Waals surface area contributed by atoms with Gasteiger partial charge >= 0.3 is 0 Å². The Morgan fingerprint density at radius 1 is 1.39 bits per heavy atom. The predicted molar refractivity (Wildman–Crippen MR) is 93.5 cm³/mol. The van der Waals surface area contributed by atoms with Crippen LogP contribution in [0.25, 0.3) is 0 Å². The summed E-state index contributed by atoms with van der Waals surface area (Å²) in [5.41, 5.74) is 3.34. The Kier molecular flexibility index (Phi) is 5.05. The van der Waals surface area contributed by atoms with Gasteiger partial charge in [-0.05, 0) is 40.6 Å². The Morgan fingerprint density at radius 3 is 3.09 bits per heavy atom. The van der Waals surface area contributed by atoms with Crippen molar-refractivity contribution < 1.29 is 4.79 Å². The third-order valence-electron chi connectivity index (χ3n) is 3.99. The standard InChI is InChI=1S/C17H20N4OS/c18-21-10-13-3-1-2-12(8-13)9-19-11-16-14(5-7-23-16)15-4-6-20-17(15)22/h1-3,5,7-8,10,15,19H,4,6,9,11,18H2,(H,20,22)/t15-/m0/s1. The first kappa shape index (κ1) is 15.7. The summed E-state index contributed by atoms with van der Waals surface area (Å²) < 4.78 is 0. The van der Waals surface area contributed by atoms with E-state index in [1.54, 1.807) is 17.6 Å². The maximum Gasteiger partial charge on any atom is 0.227 e. The van der Waals surface area contributed by atoms with E-state index in [0.717, 1.165) is 31.6 Å². The topological polar surface area (TPSA) is 79.5 Å². The molecule has 0 saturated carbocycles. The average Bonchev–Trinajstić information content (AvgIpc) is 3.16. The zero-order chi connectivity index (χ0) is 16.1. The summed E-state index contributed by atoms with van der Waals surface area (Å²) in [7, 11) is 0. The number of amides is 1. The third-order valence-corrected chi connectivity index (χ3v) is 4.93. The molecule has 1 amide bonds. The molecule has 1 aliphatic rings. The zero-order valence-electron chi connectivity index (χ0n) is 12.8.